The molecule has 0 bridgehead atoms. The third-order valence-electron chi connectivity index (χ3n) is 1.95. The van der Waals surface area contributed by atoms with Crippen molar-refractivity contribution in [3.05, 3.63) is 29.8 Å². The normalized spacial score (nSPS) is 10.3. The molecule has 1 nitrogen and oxygen atoms in total. The monoisotopic (exact) mass is 195 g/mol. The van der Waals surface area contributed by atoms with Crippen molar-refractivity contribution in [1.82, 2.24) is 0 Å². The smallest absolute Gasteiger partial charge is 0.0189 e. The second-order valence-electron chi connectivity index (χ2n) is 3.01. The first-order valence-electron chi connectivity index (χ1n) is 4.79. The molecule has 13 heavy (non-hydrogen) atoms. The number of rotatable bonds is 5. The van der Waals surface area contributed by atoms with E-state index in [4.69, 9.17) is 5.73 Å². The highest BCUT2D eigenvalue weighted by molar-refractivity contribution is 7.99. The Hall–Kier alpha value is -0.470. The lowest BCUT2D eigenvalue weighted by Crippen LogP contribution is -1.97. The standard InChI is InChI=1S/C11H17NS/c1-2-3-8-13-11-7-5-4-6-10(11)9-12/h4-7H,2-3,8-9,12H2,1H3. The number of benzene rings is 1. The molecule has 0 amide bonds. The van der Waals surface area contributed by atoms with Crippen LogP contribution in [0.25, 0.3) is 0 Å². The fourth-order valence-corrected chi connectivity index (χ4v) is 2.30. The molecule has 0 aliphatic carbocycles. The summed E-state index contributed by atoms with van der Waals surface area (Å²) in [5.74, 6) is 1.20. The first-order valence-corrected chi connectivity index (χ1v) is 5.77. The van der Waals surface area contributed by atoms with Gasteiger partial charge in [-0.2, -0.15) is 0 Å². The molecule has 2 heteroatoms. The maximum atomic E-state index is 5.64. The molecule has 1 rings (SSSR count). The SMILES string of the molecule is CCCCSc1ccccc1CN. The Morgan fingerprint density at radius 1 is 1.31 bits per heavy atom. The molecule has 0 aliphatic rings. The molecule has 1 aromatic rings. The van der Waals surface area contributed by atoms with E-state index in [2.05, 4.69) is 25.1 Å². The molecule has 2 N–H and O–H groups in total. The van der Waals surface area contributed by atoms with Gasteiger partial charge in [-0.3, -0.25) is 0 Å². The molecule has 0 aromatic heterocycles. The van der Waals surface area contributed by atoms with Crippen LogP contribution in [0.2, 0.25) is 0 Å². The maximum Gasteiger partial charge on any atom is 0.0189 e. The van der Waals surface area contributed by atoms with E-state index in [1.807, 2.05) is 17.8 Å². The van der Waals surface area contributed by atoms with Crippen LogP contribution in [0.3, 0.4) is 0 Å². The van der Waals surface area contributed by atoms with Crippen molar-refractivity contribution in [2.45, 2.75) is 31.2 Å². The quantitative estimate of drug-likeness (QED) is 0.577. The third-order valence-corrected chi connectivity index (χ3v) is 3.15. The lowest BCUT2D eigenvalue weighted by atomic mass is 10.2. The van der Waals surface area contributed by atoms with E-state index in [-0.39, 0.29) is 0 Å². The van der Waals surface area contributed by atoms with E-state index >= 15 is 0 Å². The van der Waals surface area contributed by atoms with Crippen LogP contribution >= 0.6 is 11.8 Å². The van der Waals surface area contributed by atoms with E-state index in [0.29, 0.717) is 6.54 Å². The Labute approximate surface area is 84.7 Å². The summed E-state index contributed by atoms with van der Waals surface area (Å²) in [6, 6.07) is 8.39. The minimum absolute atomic E-state index is 0.648. The summed E-state index contributed by atoms with van der Waals surface area (Å²) in [5.41, 5.74) is 6.91. The maximum absolute atomic E-state index is 5.64. The van der Waals surface area contributed by atoms with E-state index in [0.717, 1.165) is 0 Å². The summed E-state index contributed by atoms with van der Waals surface area (Å²) in [7, 11) is 0. The summed E-state index contributed by atoms with van der Waals surface area (Å²) in [6.07, 6.45) is 2.54. The first-order chi connectivity index (χ1) is 6.38. The van der Waals surface area contributed by atoms with Crippen LogP contribution in [-0.2, 0) is 6.54 Å². The zero-order valence-corrected chi connectivity index (χ0v) is 8.94. The van der Waals surface area contributed by atoms with Gasteiger partial charge < -0.3 is 5.73 Å². The van der Waals surface area contributed by atoms with Gasteiger partial charge in [0, 0.05) is 11.4 Å². The molecular weight excluding hydrogens is 178 g/mol. The van der Waals surface area contributed by atoms with E-state index in [9.17, 15) is 0 Å². The van der Waals surface area contributed by atoms with Gasteiger partial charge in [0.05, 0.1) is 0 Å². The van der Waals surface area contributed by atoms with Gasteiger partial charge in [-0.25, -0.2) is 0 Å². The molecular formula is C11H17NS. The largest absolute Gasteiger partial charge is 0.326 e. The van der Waals surface area contributed by atoms with Crippen LogP contribution in [-0.4, -0.2) is 5.75 Å². The average Bonchev–Trinajstić information content (AvgIpc) is 2.19. The predicted octanol–water partition coefficient (Wildman–Crippen LogP) is 3.04. The number of thioether (sulfide) groups is 1. The molecule has 0 saturated heterocycles. The highest BCUT2D eigenvalue weighted by Gasteiger charge is 1.98. The van der Waals surface area contributed by atoms with Crippen molar-refractivity contribution < 1.29 is 0 Å². The summed E-state index contributed by atoms with van der Waals surface area (Å²) in [4.78, 5) is 1.35. The van der Waals surface area contributed by atoms with Gasteiger partial charge in [-0.05, 0) is 23.8 Å². The highest BCUT2D eigenvalue weighted by atomic mass is 32.2. The summed E-state index contributed by atoms with van der Waals surface area (Å²) >= 11 is 1.92. The highest BCUT2D eigenvalue weighted by Crippen LogP contribution is 2.23. The van der Waals surface area contributed by atoms with E-state index < -0.39 is 0 Å². The summed E-state index contributed by atoms with van der Waals surface area (Å²) in [5, 5.41) is 0. The molecule has 0 radical (unpaired) electrons. The first kappa shape index (κ1) is 10.6. The molecule has 0 fully saturated rings. The zero-order valence-electron chi connectivity index (χ0n) is 8.12. The molecule has 0 aliphatic heterocycles. The predicted molar refractivity (Wildman–Crippen MR) is 60.0 cm³/mol. The number of nitrogens with two attached hydrogens (primary N) is 1. The fraction of sp³-hybridized carbons (Fsp3) is 0.455. The van der Waals surface area contributed by atoms with Crippen molar-refractivity contribution >= 4 is 11.8 Å². The second-order valence-corrected chi connectivity index (χ2v) is 4.15. The van der Waals surface area contributed by atoms with Crippen molar-refractivity contribution in [3.63, 3.8) is 0 Å². The minimum atomic E-state index is 0.648. The van der Waals surface area contributed by atoms with E-state index in [1.165, 1.54) is 29.1 Å². The Kier molecular flexibility index (Phi) is 4.94. The van der Waals surface area contributed by atoms with Crippen molar-refractivity contribution in [3.8, 4) is 0 Å². The number of hydrogen-bond donors (Lipinski definition) is 1. The van der Waals surface area contributed by atoms with Crippen LogP contribution in [0.4, 0.5) is 0 Å². The molecule has 0 atom stereocenters. The van der Waals surface area contributed by atoms with Crippen LogP contribution in [0, 0.1) is 0 Å². The minimum Gasteiger partial charge on any atom is -0.326 e. The van der Waals surface area contributed by atoms with Crippen molar-refractivity contribution in [1.29, 1.82) is 0 Å². The average molecular weight is 195 g/mol. The van der Waals surface area contributed by atoms with Gasteiger partial charge in [-0.1, -0.05) is 31.5 Å². The summed E-state index contributed by atoms with van der Waals surface area (Å²) in [6.45, 7) is 2.87. The lowest BCUT2D eigenvalue weighted by molar-refractivity contribution is 0.895. The second kappa shape index (κ2) is 6.06. The molecule has 1 aromatic carbocycles. The van der Waals surface area contributed by atoms with Crippen LogP contribution < -0.4 is 5.73 Å². The van der Waals surface area contributed by atoms with Crippen molar-refractivity contribution in [2.24, 2.45) is 5.73 Å². The lowest BCUT2D eigenvalue weighted by Gasteiger charge is -2.05. The van der Waals surface area contributed by atoms with Gasteiger partial charge in [0.25, 0.3) is 0 Å². The van der Waals surface area contributed by atoms with Gasteiger partial charge >= 0.3 is 0 Å². The van der Waals surface area contributed by atoms with Gasteiger partial charge in [-0.15, -0.1) is 11.8 Å². The number of hydrogen-bond acceptors (Lipinski definition) is 2. The van der Waals surface area contributed by atoms with Crippen molar-refractivity contribution in [2.75, 3.05) is 5.75 Å². The molecule has 0 unspecified atom stereocenters. The van der Waals surface area contributed by atoms with Crippen LogP contribution in [0.5, 0.6) is 0 Å². The summed E-state index contributed by atoms with van der Waals surface area (Å²) < 4.78 is 0. The molecule has 72 valence electrons. The molecule has 0 heterocycles. The Morgan fingerprint density at radius 2 is 2.08 bits per heavy atom. The molecule has 0 spiro atoms. The Balaban J connectivity index is 2.54. The molecule has 0 saturated carbocycles. The Morgan fingerprint density at radius 3 is 2.77 bits per heavy atom. The third kappa shape index (κ3) is 3.41. The number of unbranched alkanes of at least 4 members (excludes halogenated alkanes) is 1. The van der Waals surface area contributed by atoms with Gasteiger partial charge in [0.15, 0.2) is 0 Å². The van der Waals surface area contributed by atoms with E-state index in [1.54, 1.807) is 0 Å². The Bertz CT molecular complexity index is 248. The van der Waals surface area contributed by atoms with Gasteiger partial charge in [0.2, 0.25) is 0 Å². The van der Waals surface area contributed by atoms with Crippen LogP contribution in [0.15, 0.2) is 29.2 Å². The van der Waals surface area contributed by atoms with Gasteiger partial charge in [0.1, 0.15) is 0 Å². The van der Waals surface area contributed by atoms with Crippen LogP contribution in [0.1, 0.15) is 25.3 Å². The zero-order chi connectivity index (χ0) is 9.52. The fourth-order valence-electron chi connectivity index (χ4n) is 1.14. The topological polar surface area (TPSA) is 26.0 Å².